The molecule has 0 heterocycles. The van der Waals surface area contributed by atoms with Gasteiger partial charge >= 0.3 is 0 Å². The molecule has 0 spiro atoms. The minimum Gasteiger partial charge on any atom is -0.457 e. The van der Waals surface area contributed by atoms with Crippen LogP contribution in [-0.2, 0) is 0 Å². The molecule has 4 N–H and O–H groups in total. The van der Waals surface area contributed by atoms with E-state index in [1.165, 1.54) is 6.07 Å². The molecule has 0 aromatic heterocycles. The quantitative estimate of drug-likeness (QED) is 0.817. The molecule has 0 bridgehead atoms. The van der Waals surface area contributed by atoms with Gasteiger partial charge in [0.2, 0.25) is 0 Å². The van der Waals surface area contributed by atoms with Crippen molar-refractivity contribution < 1.29 is 9.53 Å². The van der Waals surface area contributed by atoms with Crippen LogP contribution in [0.5, 0.6) is 11.5 Å². The summed E-state index contributed by atoms with van der Waals surface area (Å²) in [7, 11) is 0. The topological polar surface area (TPSA) is 102 Å². The predicted octanol–water partition coefficient (Wildman–Crippen LogP) is 2.03. The van der Waals surface area contributed by atoms with Gasteiger partial charge < -0.3 is 16.2 Å². The number of nitriles is 1. The van der Waals surface area contributed by atoms with E-state index in [4.69, 9.17) is 21.5 Å². The summed E-state index contributed by atoms with van der Waals surface area (Å²) in [6.07, 6.45) is 0. The number of anilines is 1. The Morgan fingerprint density at radius 2 is 1.89 bits per heavy atom. The maximum atomic E-state index is 11.2. The summed E-state index contributed by atoms with van der Waals surface area (Å²) in [4.78, 5) is 11.2. The van der Waals surface area contributed by atoms with Crippen molar-refractivity contribution in [2.24, 2.45) is 5.73 Å². The lowest BCUT2D eigenvalue weighted by atomic mass is 10.1. The highest BCUT2D eigenvalue weighted by Gasteiger charge is 2.08. The molecule has 2 aromatic rings. The third kappa shape index (κ3) is 2.82. The fourth-order valence-electron chi connectivity index (χ4n) is 1.58. The zero-order valence-electron chi connectivity index (χ0n) is 9.96. The maximum Gasteiger partial charge on any atom is 0.250 e. The van der Waals surface area contributed by atoms with Gasteiger partial charge in [-0.15, -0.1) is 0 Å². The Kier molecular flexibility index (Phi) is 3.35. The average Bonchev–Trinajstić information content (AvgIpc) is 2.41. The average molecular weight is 253 g/mol. The van der Waals surface area contributed by atoms with E-state index >= 15 is 0 Å². The number of carbonyl (C=O) groups is 1. The molecule has 0 saturated heterocycles. The van der Waals surface area contributed by atoms with E-state index in [0.29, 0.717) is 22.7 Å². The van der Waals surface area contributed by atoms with E-state index in [0.717, 1.165) is 0 Å². The van der Waals surface area contributed by atoms with E-state index in [1.807, 2.05) is 6.07 Å². The minimum atomic E-state index is -0.617. The lowest BCUT2D eigenvalue weighted by Gasteiger charge is -2.08. The number of hydrogen-bond acceptors (Lipinski definition) is 4. The molecule has 94 valence electrons. The second-order valence-corrected chi connectivity index (χ2v) is 3.86. The number of carbonyl (C=O) groups excluding carboxylic acids is 1. The molecule has 5 nitrogen and oxygen atoms in total. The summed E-state index contributed by atoms with van der Waals surface area (Å²) in [6.45, 7) is 0. The minimum absolute atomic E-state index is 0.203. The van der Waals surface area contributed by atoms with Gasteiger partial charge in [0, 0.05) is 5.69 Å². The molecule has 0 aliphatic rings. The first-order valence-corrected chi connectivity index (χ1v) is 5.47. The summed E-state index contributed by atoms with van der Waals surface area (Å²) >= 11 is 0. The van der Waals surface area contributed by atoms with Crippen LogP contribution in [0.4, 0.5) is 5.69 Å². The van der Waals surface area contributed by atoms with Crippen LogP contribution in [-0.4, -0.2) is 5.91 Å². The summed E-state index contributed by atoms with van der Waals surface area (Å²) in [5.41, 5.74) is 11.8. The smallest absolute Gasteiger partial charge is 0.250 e. The zero-order valence-corrected chi connectivity index (χ0v) is 9.96. The van der Waals surface area contributed by atoms with Crippen LogP contribution < -0.4 is 16.2 Å². The number of benzene rings is 2. The molecule has 0 aliphatic heterocycles. The third-order valence-electron chi connectivity index (χ3n) is 2.49. The second-order valence-electron chi connectivity index (χ2n) is 3.86. The Morgan fingerprint density at radius 3 is 2.58 bits per heavy atom. The van der Waals surface area contributed by atoms with Crippen LogP contribution in [0, 0.1) is 11.3 Å². The third-order valence-corrected chi connectivity index (χ3v) is 2.49. The highest BCUT2D eigenvalue weighted by atomic mass is 16.5. The molecule has 1 amide bonds. The Bertz CT molecular complexity index is 675. The van der Waals surface area contributed by atoms with Crippen LogP contribution >= 0.6 is 0 Å². The maximum absolute atomic E-state index is 11.2. The number of nitrogen functional groups attached to an aromatic ring is 1. The van der Waals surface area contributed by atoms with Gasteiger partial charge in [0.05, 0.1) is 17.2 Å². The van der Waals surface area contributed by atoms with Crippen molar-refractivity contribution in [2.75, 3.05) is 5.73 Å². The van der Waals surface area contributed by atoms with Gasteiger partial charge in [-0.1, -0.05) is 6.07 Å². The Hall–Kier alpha value is -3.00. The first-order valence-electron chi connectivity index (χ1n) is 5.47. The van der Waals surface area contributed by atoms with E-state index in [-0.39, 0.29) is 5.56 Å². The number of ether oxygens (including phenoxy) is 1. The molecule has 5 heteroatoms. The predicted molar refractivity (Wildman–Crippen MR) is 70.6 cm³/mol. The van der Waals surface area contributed by atoms with Gasteiger partial charge in [-0.25, -0.2) is 0 Å². The molecule has 0 fully saturated rings. The molecule has 0 saturated carbocycles. The highest BCUT2D eigenvalue weighted by molar-refractivity contribution is 5.98. The summed E-state index contributed by atoms with van der Waals surface area (Å²) in [6, 6.07) is 13.3. The van der Waals surface area contributed by atoms with Crippen molar-refractivity contribution in [3.05, 3.63) is 53.6 Å². The van der Waals surface area contributed by atoms with Crippen molar-refractivity contribution in [3.8, 4) is 17.6 Å². The summed E-state index contributed by atoms with van der Waals surface area (Å²) in [5, 5.41) is 8.80. The number of nitrogens with two attached hydrogens (primary N) is 2. The van der Waals surface area contributed by atoms with Crippen molar-refractivity contribution >= 4 is 11.6 Å². The number of amides is 1. The zero-order chi connectivity index (χ0) is 13.8. The van der Waals surface area contributed by atoms with Gasteiger partial charge in [-0.2, -0.15) is 5.26 Å². The standard InChI is InChI=1S/C14H11N3O2/c15-8-9-2-1-3-10(6-9)19-11-4-5-13(16)12(7-11)14(17)18/h1-7H,16H2,(H2,17,18). The van der Waals surface area contributed by atoms with Crippen LogP contribution in [0.2, 0.25) is 0 Å². The lowest BCUT2D eigenvalue weighted by molar-refractivity contribution is 0.100. The summed E-state index contributed by atoms with van der Waals surface area (Å²) < 4.78 is 5.55. The first kappa shape index (κ1) is 12.5. The highest BCUT2D eigenvalue weighted by Crippen LogP contribution is 2.25. The molecule has 0 aliphatic carbocycles. The molecule has 2 aromatic carbocycles. The van der Waals surface area contributed by atoms with Crippen LogP contribution in [0.1, 0.15) is 15.9 Å². The number of primary amides is 1. The molecule has 0 unspecified atom stereocenters. The number of nitrogens with zero attached hydrogens (tertiary/aromatic N) is 1. The van der Waals surface area contributed by atoms with Crippen molar-refractivity contribution in [2.45, 2.75) is 0 Å². The molecular formula is C14H11N3O2. The van der Waals surface area contributed by atoms with Crippen LogP contribution in [0.3, 0.4) is 0 Å². The van der Waals surface area contributed by atoms with Gasteiger partial charge in [0.15, 0.2) is 0 Å². The van der Waals surface area contributed by atoms with Crippen molar-refractivity contribution in [1.82, 2.24) is 0 Å². The SMILES string of the molecule is N#Cc1cccc(Oc2ccc(N)c(C(N)=O)c2)c1. The monoisotopic (exact) mass is 253 g/mol. The lowest BCUT2D eigenvalue weighted by Crippen LogP contribution is -2.13. The largest absolute Gasteiger partial charge is 0.457 e. The second kappa shape index (κ2) is 5.10. The Labute approximate surface area is 110 Å². The van der Waals surface area contributed by atoms with Crippen LogP contribution in [0.15, 0.2) is 42.5 Å². The normalized spacial score (nSPS) is 9.63. The molecule has 19 heavy (non-hydrogen) atoms. The summed E-state index contributed by atoms with van der Waals surface area (Å²) in [5.74, 6) is 0.311. The first-order chi connectivity index (χ1) is 9.10. The molecule has 0 atom stereocenters. The molecular weight excluding hydrogens is 242 g/mol. The van der Waals surface area contributed by atoms with Gasteiger partial charge in [-0.3, -0.25) is 4.79 Å². The fourth-order valence-corrected chi connectivity index (χ4v) is 1.58. The van der Waals surface area contributed by atoms with Gasteiger partial charge in [0.1, 0.15) is 11.5 Å². The van der Waals surface area contributed by atoms with Crippen LogP contribution in [0.25, 0.3) is 0 Å². The van der Waals surface area contributed by atoms with E-state index in [9.17, 15) is 4.79 Å². The van der Waals surface area contributed by atoms with E-state index < -0.39 is 5.91 Å². The van der Waals surface area contributed by atoms with E-state index in [1.54, 1.807) is 36.4 Å². The number of rotatable bonds is 3. The molecule has 2 rings (SSSR count). The van der Waals surface area contributed by atoms with Crippen molar-refractivity contribution in [3.63, 3.8) is 0 Å². The Balaban J connectivity index is 2.31. The van der Waals surface area contributed by atoms with Gasteiger partial charge in [-0.05, 0) is 36.4 Å². The molecule has 0 radical (unpaired) electrons. The number of hydrogen-bond donors (Lipinski definition) is 2. The Morgan fingerprint density at radius 1 is 1.16 bits per heavy atom. The van der Waals surface area contributed by atoms with Crippen molar-refractivity contribution in [1.29, 1.82) is 5.26 Å². The van der Waals surface area contributed by atoms with Gasteiger partial charge in [0.25, 0.3) is 5.91 Å². The van der Waals surface area contributed by atoms with E-state index in [2.05, 4.69) is 0 Å². The fraction of sp³-hybridized carbons (Fsp3) is 0.